The predicted molar refractivity (Wildman–Crippen MR) is 110 cm³/mol. The molecule has 2 aliphatic rings. The highest BCUT2D eigenvalue weighted by Crippen LogP contribution is 2.42. The lowest BCUT2D eigenvalue weighted by Gasteiger charge is -2.36. The van der Waals surface area contributed by atoms with E-state index in [-0.39, 0.29) is 0 Å². The van der Waals surface area contributed by atoms with Crippen LogP contribution in [0.2, 0.25) is 0 Å². The molecule has 1 saturated heterocycles. The number of nitrogens with one attached hydrogen (secondary N) is 1. The molecule has 1 fully saturated rings. The normalized spacial score (nSPS) is 20.4. The van der Waals surface area contributed by atoms with Crippen LogP contribution in [0.4, 0.5) is 5.69 Å². The highest BCUT2D eigenvalue weighted by Gasteiger charge is 2.30. The Morgan fingerprint density at radius 2 is 2.04 bits per heavy atom. The van der Waals surface area contributed by atoms with Crippen molar-refractivity contribution in [2.45, 2.75) is 12.5 Å². The standard InChI is InChI=1S/C22H26N4O2/c1-25-13-18(15-3-5-20-16(11-15)12-23-24-20)17-4-6-21(22(27-2)19(17)14-25)26-7-9-28-10-8-26/h3-6,11-12,18H,7-10,13-14H2,1-2H3,(H,23,24). The average Bonchev–Trinajstić information content (AvgIpc) is 3.20. The minimum absolute atomic E-state index is 0.320. The molecule has 1 unspecified atom stereocenters. The third-order valence-electron chi connectivity index (χ3n) is 6.00. The number of likely N-dealkylation sites (N-methyl/N-ethyl adjacent to an activating group) is 1. The van der Waals surface area contributed by atoms with E-state index in [1.54, 1.807) is 7.11 Å². The second kappa shape index (κ2) is 7.11. The van der Waals surface area contributed by atoms with Crippen molar-refractivity contribution in [3.63, 3.8) is 0 Å². The highest BCUT2D eigenvalue weighted by molar-refractivity contribution is 5.79. The van der Waals surface area contributed by atoms with Crippen LogP contribution in [0.3, 0.4) is 0 Å². The van der Waals surface area contributed by atoms with Gasteiger partial charge in [0, 0.05) is 43.0 Å². The Labute approximate surface area is 165 Å². The first-order valence-electron chi connectivity index (χ1n) is 9.88. The third kappa shape index (κ3) is 2.93. The molecule has 0 spiro atoms. The molecule has 28 heavy (non-hydrogen) atoms. The topological polar surface area (TPSA) is 53.6 Å². The van der Waals surface area contributed by atoms with Crippen LogP contribution in [-0.4, -0.2) is 62.1 Å². The number of benzene rings is 2. The van der Waals surface area contributed by atoms with Gasteiger partial charge in [0.25, 0.3) is 0 Å². The van der Waals surface area contributed by atoms with Gasteiger partial charge in [0.1, 0.15) is 5.75 Å². The van der Waals surface area contributed by atoms with Gasteiger partial charge in [-0.2, -0.15) is 5.10 Å². The minimum Gasteiger partial charge on any atom is -0.494 e. The van der Waals surface area contributed by atoms with Crippen LogP contribution in [0.15, 0.2) is 36.5 Å². The summed E-state index contributed by atoms with van der Waals surface area (Å²) in [5, 5.41) is 8.37. The Bertz CT molecular complexity index is 993. The summed E-state index contributed by atoms with van der Waals surface area (Å²) in [7, 11) is 3.98. The number of nitrogens with zero attached hydrogens (tertiary/aromatic N) is 3. The number of H-pyrrole nitrogens is 1. The molecule has 0 amide bonds. The van der Waals surface area contributed by atoms with E-state index in [0.717, 1.165) is 56.0 Å². The molecule has 0 aliphatic carbocycles. The van der Waals surface area contributed by atoms with Crippen molar-refractivity contribution in [3.8, 4) is 5.75 Å². The summed E-state index contributed by atoms with van der Waals surface area (Å²) in [6.45, 7) is 5.26. The van der Waals surface area contributed by atoms with Crippen LogP contribution < -0.4 is 9.64 Å². The number of hydrogen-bond acceptors (Lipinski definition) is 5. The van der Waals surface area contributed by atoms with Crippen molar-refractivity contribution in [2.75, 3.05) is 51.9 Å². The number of morpholine rings is 1. The molecule has 0 radical (unpaired) electrons. The van der Waals surface area contributed by atoms with Crippen LogP contribution in [0.25, 0.3) is 10.9 Å². The molecule has 5 rings (SSSR count). The van der Waals surface area contributed by atoms with Gasteiger partial charge in [-0.05, 0) is 36.4 Å². The number of methoxy groups -OCH3 is 1. The maximum Gasteiger partial charge on any atom is 0.146 e. The molecule has 0 bridgehead atoms. The number of aromatic nitrogens is 2. The Kier molecular flexibility index (Phi) is 4.45. The minimum atomic E-state index is 0.320. The van der Waals surface area contributed by atoms with E-state index >= 15 is 0 Å². The molecule has 146 valence electrons. The first kappa shape index (κ1) is 17.5. The Morgan fingerprint density at radius 3 is 2.86 bits per heavy atom. The molecule has 2 aromatic carbocycles. The second-order valence-electron chi connectivity index (χ2n) is 7.75. The fraction of sp³-hybridized carbons (Fsp3) is 0.409. The molecule has 1 aromatic heterocycles. The number of ether oxygens (including phenoxy) is 2. The zero-order valence-corrected chi connectivity index (χ0v) is 16.4. The van der Waals surface area contributed by atoms with Crippen LogP contribution in [0.1, 0.15) is 22.6 Å². The van der Waals surface area contributed by atoms with E-state index < -0.39 is 0 Å². The predicted octanol–water partition coefficient (Wildman–Crippen LogP) is 2.99. The maximum atomic E-state index is 5.96. The number of aromatic amines is 1. The van der Waals surface area contributed by atoms with Gasteiger partial charge in [0.15, 0.2) is 0 Å². The van der Waals surface area contributed by atoms with Gasteiger partial charge in [-0.25, -0.2) is 0 Å². The molecule has 3 heterocycles. The quantitative estimate of drug-likeness (QED) is 0.759. The molecule has 0 saturated carbocycles. The Hall–Kier alpha value is -2.57. The molecule has 6 nitrogen and oxygen atoms in total. The molecule has 6 heteroatoms. The van der Waals surface area contributed by atoms with E-state index in [1.165, 1.54) is 22.4 Å². The van der Waals surface area contributed by atoms with E-state index in [4.69, 9.17) is 9.47 Å². The first-order valence-corrected chi connectivity index (χ1v) is 9.88. The lowest BCUT2D eigenvalue weighted by molar-refractivity contribution is 0.122. The van der Waals surface area contributed by atoms with Gasteiger partial charge in [0.2, 0.25) is 0 Å². The largest absolute Gasteiger partial charge is 0.494 e. The molecule has 1 N–H and O–H groups in total. The van der Waals surface area contributed by atoms with Crippen molar-refractivity contribution in [1.82, 2.24) is 15.1 Å². The van der Waals surface area contributed by atoms with Crippen molar-refractivity contribution in [3.05, 3.63) is 53.2 Å². The maximum absolute atomic E-state index is 5.96. The Balaban J connectivity index is 1.60. The summed E-state index contributed by atoms with van der Waals surface area (Å²) in [6, 6.07) is 11.1. The zero-order chi connectivity index (χ0) is 19.1. The van der Waals surface area contributed by atoms with Gasteiger partial charge in [0.05, 0.1) is 37.7 Å². The molecule has 1 atom stereocenters. The van der Waals surface area contributed by atoms with Crippen LogP contribution in [-0.2, 0) is 11.3 Å². The monoisotopic (exact) mass is 378 g/mol. The van der Waals surface area contributed by atoms with Gasteiger partial charge < -0.3 is 19.3 Å². The van der Waals surface area contributed by atoms with Gasteiger partial charge in [-0.15, -0.1) is 0 Å². The summed E-state index contributed by atoms with van der Waals surface area (Å²) < 4.78 is 11.5. The van der Waals surface area contributed by atoms with Crippen molar-refractivity contribution < 1.29 is 9.47 Å². The van der Waals surface area contributed by atoms with Crippen LogP contribution in [0.5, 0.6) is 5.75 Å². The van der Waals surface area contributed by atoms with Crippen LogP contribution in [0, 0.1) is 0 Å². The SMILES string of the molecule is COc1c(N2CCOCC2)ccc2c1CN(C)CC2c1ccc2[nH]ncc2c1. The average molecular weight is 378 g/mol. The summed E-state index contributed by atoms with van der Waals surface area (Å²) >= 11 is 0. The van der Waals surface area contributed by atoms with E-state index in [9.17, 15) is 0 Å². The van der Waals surface area contributed by atoms with Gasteiger partial charge in [-0.3, -0.25) is 5.10 Å². The Morgan fingerprint density at radius 1 is 1.18 bits per heavy atom. The molecule has 3 aromatic rings. The summed E-state index contributed by atoms with van der Waals surface area (Å²) in [5.74, 6) is 1.33. The third-order valence-corrected chi connectivity index (χ3v) is 6.00. The zero-order valence-electron chi connectivity index (χ0n) is 16.4. The first-order chi connectivity index (χ1) is 13.7. The molecular formula is C22H26N4O2. The summed E-state index contributed by atoms with van der Waals surface area (Å²) in [4.78, 5) is 4.77. The van der Waals surface area contributed by atoms with Crippen molar-refractivity contribution in [2.24, 2.45) is 0 Å². The van der Waals surface area contributed by atoms with E-state index in [2.05, 4.69) is 57.4 Å². The summed E-state index contributed by atoms with van der Waals surface area (Å²) in [5.41, 5.74) is 6.26. The van der Waals surface area contributed by atoms with E-state index in [0.29, 0.717) is 5.92 Å². The van der Waals surface area contributed by atoms with Gasteiger partial charge in [-0.1, -0.05) is 12.1 Å². The fourth-order valence-electron chi connectivity index (χ4n) is 4.61. The number of hydrogen-bond donors (Lipinski definition) is 1. The number of fused-ring (bicyclic) bond motifs is 2. The van der Waals surface area contributed by atoms with Gasteiger partial charge >= 0.3 is 0 Å². The lowest BCUT2D eigenvalue weighted by atomic mass is 9.83. The summed E-state index contributed by atoms with van der Waals surface area (Å²) in [6.07, 6.45) is 1.90. The number of anilines is 1. The lowest BCUT2D eigenvalue weighted by Crippen LogP contribution is -2.37. The van der Waals surface area contributed by atoms with E-state index in [1.807, 2.05) is 6.20 Å². The highest BCUT2D eigenvalue weighted by atomic mass is 16.5. The second-order valence-corrected chi connectivity index (χ2v) is 7.75. The molecule has 2 aliphatic heterocycles. The number of rotatable bonds is 3. The van der Waals surface area contributed by atoms with Crippen molar-refractivity contribution >= 4 is 16.6 Å². The smallest absolute Gasteiger partial charge is 0.146 e. The molecular weight excluding hydrogens is 352 g/mol. The van der Waals surface area contributed by atoms with Crippen LogP contribution >= 0.6 is 0 Å². The van der Waals surface area contributed by atoms with Crippen molar-refractivity contribution in [1.29, 1.82) is 0 Å². The fourth-order valence-corrected chi connectivity index (χ4v) is 4.61.